The van der Waals surface area contributed by atoms with Crippen molar-refractivity contribution in [3.05, 3.63) is 0 Å². The lowest BCUT2D eigenvalue weighted by atomic mass is 9.99. The van der Waals surface area contributed by atoms with Gasteiger partial charge in [-0.3, -0.25) is 4.79 Å². The van der Waals surface area contributed by atoms with Gasteiger partial charge >= 0.3 is 0 Å². The van der Waals surface area contributed by atoms with E-state index < -0.39 is 0 Å². The Bertz CT molecular complexity index is 257. The maximum atomic E-state index is 11.9. The lowest BCUT2D eigenvalue weighted by Gasteiger charge is -2.26. The zero-order valence-corrected chi connectivity index (χ0v) is 11.3. The van der Waals surface area contributed by atoms with Crippen LogP contribution in [0.15, 0.2) is 0 Å². The molecule has 0 saturated heterocycles. The molecule has 17 heavy (non-hydrogen) atoms. The van der Waals surface area contributed by atoms with Crippen LogP contribution in [-0.2, 0) is 4.79 Å². The fourth-order valence-corrected chi connectivity index (χ4v) is 2.70. The topological polar surface area (TPSA) is 41.1 Å². The molecule has 2 rings (SSSR count). The Balaban J connectivity index is 1.91. The smallest absolute Gasteiger partial charge is 0.236 e. The number of hydrogen-bond acceptors (Lipinski definition) is 2. The molecule has 3 nitrogen and oxygen atoms in total. The normalized spacial score (nSPS) is 21.9. The lowest BCUT2D eigenvalue weighted by molar-refractivity contribution is -0.123. The molecular formula is C14H26N2O. The van der Waals surface area contributed by atoms with E-state index in [1.165, 1.54) is 25.7 Å². The van der Waals surface area contributed by atoms with E-state index in [4.69, 9.17) is 0 Å². The number of amides is 1. The number of carbonyl (C=O) groups is 1. The molecule has 0 aromatic heterocycles. The third-order valence-corrected chi connectivity index (χ3v) is 3.92. The summed E-state index contributed by atoms with van der Waals surface area (Å²) in [6, 6.07) is 0.613. The van der Waals surface area contributed by atoms with E-state index in [1.54, 1.807) is 7.05 Å². The summed E-state index contributed by atoms with van der Waals surface area (Å²) in [5.74, 6) is 2.41. The Morgan fingerprint density at radius 2 is 1.71 bits per heavy atom. The van der Waals surface area contributed by atoms with Gasteiger partial charge in [0.15, 0.2) is 0 Å². The summed E-state index contributed by atoms with van der Waals surface area (Å²) in [5.41, 5.74) is 0. The highest BCUT2D eigenvalue weighted by molar-refractivity contribution is 5.81. The number of rotatable bonds is 7. The van der Waals surface area contributed by atoms with Gasteiger partial charge in [-0.25, -0.2) is 0 Å². The maximum absolute atomic E-state index is 11.9. The van der Waals surface area contributed by atoms with Crippen molar-refractivity contribution in [3.63, 3.8) is 0 Å². The molecule has 1 amide bonds. The van der Waals surface area contributed by atoms with Gasteiger partial charge in [-0.05, 0) is 49.9 Å². The summed E-state index contributed by atoms with van der Waals surface area (Å²) in [4.78, 5) is 11.9. The van der Waals surface area contributed by atoms with Crippen LogP contribution in [0.4, 0.5) is 0 Å². The fourth-order valence-electron chi connectivity index (χ4n) is 2.70. The first-order valence-electron chi connectivity index (χ1n) is 7.09. The monoisotopic (exact) mass is 238 g/mol. The fraction of sp³-hybridized carbons (Fsp3) is 0.929. The van der Waals surface area contributed by atoms with E-state index in [1.807, 2.05) is 0 Å². The van der Waals surface area contributed by atoms with Crippen molar-refractivity contribution < 1.29 is 4.79 Å². The van der Waals surface area contributed by atoms with Crippen molar-refractivity contribution >= 4 is 5.91 Å². The number of hydrogen-bond donors (Lipinski definition) is 2. The average Bonchev–Trinajstić information content (AvgIpc) is 3.15. The van der Waals surface area contributed by atoms with Crippen LogP contribution in [0.2, 0.25) is 0 Å². The second-order valence-corrected chi connectivity index (χ2v) is 6.16. The van der Waals surface area contributed by atoms with Gasteiger partial charge in [0.2, 0.25) is 5.91 Å². The van der Waals surface area contributed by atoms with Crippen LogP contribution in [0.1, 0.15) is 46.0 Å². The van der Waals surface area contributed by atoms with E-state index in [2.05, 4.69) is 24.5 Å². The van der Waals surface area contributed by atoms with Gasteiger partial charge < -0.3 is 10.6 Å². The standard InChI is InChI=1S/C14H26N2O/c1-9(2)8-12(14(17)15-3)16-13(10-4-5-10)11-6-7-11/h9-13,16H,4-8H2,1-3H3,(H,15,17). The van der Waals surface area contributed by atoms with Crippen LogP contribution in [0, 0.1) is 17.8 Å². The van der Waals surface area contributed by atoms with Crippen molar-refractivity contribution in [3.8, 4) is 0 Å². The molecular weight excluding hydrogens is 212 g/mol. The molecule has 2 fully saturated rings. The number of likely N-dealkylation sites (N-methyl/N-ethyl adjacent to an activating group) is 1. The quantitative estimate of drug-likeness (QED) is 0.711. The summed E-state index contributed by atoms with van der Waals surface area (Å²) in [6.07, 6.45) is 6.37. The van der Waals surface area contributed by atoms with Gasteiger partial charge in [-0.1, -0.05) is 13.8 Å². The SMILES string of the molecule is CNC(=O)C(CC(C)C)NC(C1CC1)C1CC1. The van der Waals surface area contributed by atoms with Gasteiger partial charge in [0.05, 0.1) is 6.04 Å². The first-order valence-corrected chi connectivity index (χ1v) is 7.09. The van der Waals surface area contributed by atoms with Gasteiger partial charge in [-0.15, -0.1) is 0 Å². The summed E-state index contributed by atoms with van der Waals surface area (Å²) < 4.78 is 0. The van der Waals surface area contributed by atoms with E-state index >= 15 is 0 Å². The second kappa shape index (κ2) is 5.38. The Hall–Kier alpha value is -0.570. The van der Waals surface area contributed by atoms with Gasteiger partial charge in [0, 0.05) is 13.1 Å². The Labute approximate surface area is 105 Å². The second-order valence-electron chi connectivity index (χ2n) is 6.16. The zero-order chi connectivity index (χ0) is 12.4. The molecule has 2 N–H and O–H groups in total. The summed E-state index contributed by atoms with van der Waals surface area (Å²) >= 11 is 0. The Kier molecular flexibility index (Phi) is 4.08. The molecule has 0 aromatic rings. The van der Waals surface area contributed by atoms with Crippen molar-refractivity contribution in [1.29, 1.82) is 0 Å². The third-order valence-electron chi connectivity index (χ3n) is 3.92. The van der Waals surface area contributed by atoms with Crippen LogP contribution >= 0.6 is 0 Å². The molecule has 2 saturated carbocycles. The largest absolute Gasteiger partial charge is 0.358 e. The van der Waals surface area contributed by atoms with Crippen molar-refractivity contribution in [2.75, 3.05) is 7.05 Å². The Morgan fingerprint density at radius 3 is 2.06 bits per heavy atom. The number of nitrogens with one attached hydrogen (secondary N) is 2. The average molecular weight is 238 g/mol. The van der Waals surface area contributed by atoms with Gasteiger partial charge in [0.25, 0.3) is 0 Å². The van der Waals surface area contributed by atoms with E-state index in [0.29, 0.717) is 12.0 Å². The predicted octanol–water partition coefficient (Wildman–Crippen LogP) is 1.93. The zero-order valence-electron chi connectivity index (χ0n) is 11.3. The van der Waals surface area contributed by atoms with E-state index in [-0.39, 0.29) is 11.9 Å². The predicted molar refractivity (Wildman–Crippen MR) is 69.7 cm³/mol. The minimum absolute atomic E-state index is 0.00574. The van der Waals surface area contributed by atoms with Crippen LogP contribution in [-0.4, -0.2) is 25.0 Å². The molecule has 0 aromatic carbocycles. The van der Waals surface area contributed by atoms with Crippen LogP contribution in [0.3, 0.4) is 0 Å². The highest BCUT2D eigenvalue weighted by Gasteiger charge is 2.42. The molecule has 0 radical (unpaired) electrons. The van der Waals surface area contributed by atoms with E-state index in [9.17, 15) is 4.79 Å². The molecule has 2 aliphatic carbocycles. The molecule has 3 heteroatoms. The highest BCUT2D eigenvalue weighted by Crippen LogP contribution is 2.44. The van der Waals surface area contributed by atoms with Gasteiger partial charge in [-0.2, -0.15) is 0 Å². The minimum atomic E-state index is 0.00574. The molecule has 98 valence electrons. The van der Waals surface area contributed by atoms with Crippen molar-refractivity contribution in [2.45, 2.75) is 58.0 Å². The van der Waals surface area contributed by atoms with E-state index in [0.717, 1.165) is 18.3 Å². The summed E-state index contributed by atoms with van der Waals surface area (Å²) in [6.45, 7) is 4.36. The van der Waals surface area contributed by atoms with Crippen LogP contribution in [0.5, 0.6) is 0 Å². The Morgan fingerprint density at radius 1 is 1.18 bits per heavy atom. The van der Waals surface area contributed by atoms with Crippen molar-refractivity contribution in [2.24, 2.45) is 17.8 Å². The molecule has 1 atom stereocenters. The molecule has 0 aliphatic heterocycles. The maximum Gasteiger partial charge on any atom is 0.236 e. The lowest BCUT2D eigenvalue weighted by Crippen LogP contribution is -2.49. The van der Waals surface area contributed by atoms with Crippen LogP contribution in [0.25, 0.3) is 0 Å². The molecule has 0 spiro atoms. The van der Waals surface area contributed by atoms with Crippen LogP contribution < -0.4 is 10.6 Å². The molecule has 0 bridgehead atoms. The van der Waals surface area contributed by atoms with Crippen molar-refractivity contribution in [1.82, 2.24) is 10.6 Å². The third kappa shape index (κ3) is 3.70. The first-order chi connectivity index (χ1) is 8.11. The number of carbonyl (C=O) groups excluding carboxylic acids is 1. The summed E-state index contributed by atoms with van der Waals surface area (Å²) in [7, 11) is 1.74. The summed E-state index contributed by atoms with van der Waals surface area (Å²) in [5, 5.41) is 6.44. The molecule has 1 unspecified atom stereocenters. The minimum Gasteiger partial charge on any atom is -0.358 e. The molecule has 0 heterocycles. The first kappa shape index (κ1) is 12.9. The highest BCUT2D eigenvalue weighted by atomic mass is 16.2. The molecule has 2 aliphatic rings. The van der Waals surface area contributed by atoms with Gasteiger partial charge in [0.1, 0.15) is 0 Å².